The molecule has 0 heterocycles. The first-order chi connectivity index (χ1) is 6.79. The molecule has 0 unspecified atom stereocenters. The van der Waals surface area contributed by atoms with Crippen LogP contribution in [-0.4, -0.2) is 7.11 Å². The van der Waals surface area contributed by atoms with Gasteiger partial charge in [-0.15, -0.1) is 0 Å². The minimum atomic E-state index is -1.07. The Morgan fingerprint density at radius 3 is 2.33 bits per heavy atom. The largest absolute Gasteiger partial charge is 0.495 e. The van der Waals surface area contributed by atoms with Gasteiger partial charge in [-0.2, -0.15) is 0 Å². The van der Waals surface area contributed by atoms with E-state index in [4.69, 9.17) is 22.1 Å². The maximum Gasteiger partial charge on any atom is 0.167 e. The van der Waals surface area contributed by atoms with Crippen molar-refractivity contribution in [2.45, 2.75) is 19.4 Å². The van der Waals surface area contributed by atoms with Crippen LogP contribution in [0.1, 0.15) is 19.4 Å². The van der Waals surface area contributed by atoms with E-state index in [0.717, 1.165) is 6.07 Å². The summed E-state index contributed by atoms with van der Waals surface area (Å²) in [6.07, 6.45) is 0. The van der Waals surface area contributed by atoms with Crippen molar-refractivity contribution in [3.63, 3.8) is 0 Å². The third kappa shape index (κ3) is 2.21. The predicted molar refractivity (Wildman–Crippen MR) is 55.1 cm³/mol. The number of methoxy groups -OCH3 is 1. The Balaban J connectivity index is 3.59. The SMILES string of the molecule is COc1c(Cl)cc(F)c(F)c1C(C)(C)N. The van der Waals surface area contributed by atoms with E-state index in [1.807, 2.05) is 0 Å². The normalized spacial score (nSPS) is 11.7. The smallest absolute Gasteiger partial charge is 0.167 e. The van der Waals surface area contributed by atoms with E-state index >= 15 is 0 Å². The summed E-state index contributed by atoms with van der Waals surface area (Å²) in [4.78, 5) is 0. The topological polar surface area (TPSA) is 35.2 Å². The molecule has 15 heavy (non-hydrogen) atoms. The number of nitrogens with two attached hydrogens (primary N) is 1. The van der Waals surface area contributed by atoms with Crippen LogP contribution in [0.3, 0.4) is 0 Å². The van der Waals surface area contributed by atoms with Crippen LogP contribution in [0.2, 0.25) is 5.02 Å². The van der Waals surface area contributed by atoms with Crippen molar-refractivity contribution in [1.82, 2.24) is 0 Å². The van der Waals surface area contributed by atoms with Gasteiger partial charge < -0.3 is 10.5 Å². The first kappa shape index (κ1) is 12.2. The highest BCUT2D eigenvalue weighted by Crippen LogP contribution is 2.37. The van der Waals surface area contributed by atoms with E-state index in [-0.39, 0.29) is 16.3 Å². The van der Waals surface area contributed by atoms with Gasteiger partial charge in [-0.05, 0) is 19.9 Å². The maximum atomic E-state index is 13.5. The molecule has 1 aromatic rings. The molecule has 2 nitrogen and oxygen atoms in total. The zero-order valence-corrected chi connectivity index (χ0v) is 9.45. The van der Waals surface area contributed by atoms with Crippen LogP contribution in [0.5, 0.6) is 5.75 Å². The second-order valence-corrected chi connectivity index (χ2v) is 4.19. The van der Waals surface area contributed by atoms with E-state index in [2.05, 4.69) is 0 Å². The fraction of sp³-hybridized carbons (Fsp3) is 0.400. The van der Waals surface area contributed by atoms with Crippen LogP contribution in [0, 0.1) is 11.6 Å². The minimum Gasteiger partial charge on any atom is -0.495 e. The summed E-state index contributed by atoms with van der Waals surface area (Å²) in [6.45, 7) is 3.09. The van der Waals surface area contributed by atoms with Gasteiger partial charge in [-0.3, -0.25) is 0 Å². The highest BCUT2D eigenvalue weighted by atomic mass is 35.5. The molecule has 0 atom stereocenters. The van der Waals surface area contributed by atoms with Crippen molar-refractivity contribution in [2.24, 2.45) is 5.73 Å². The Labute approximate surface area is 92.0 Å². The highest BCUT2D eigenvalue weighted by molar-refractivity contribution is 6.32. The summed E-state index contributed by atoms with van der Waals surface area (Å²) in [5, 5.41) is 0.00456. The van der Waals surface area contributed by atoms with Gasteiger partial charge in [0.1, 0.15) is 5.75 Å². The quantitative estimate of drug-likeness (QED) is 0.800. The number of rotatable bonds is 2. The molecule has 0 aliphatic heterocycles. The molecule has 0 saturated carbocycles. The van der Waals surface area contributed by atoms with Crippen molar-refractivity contribution < 1.29 is 13.5 Å². The molecule has 0 radical (unpaired) electrons. The summed E-state index contributed by atoms with van der Waals surface area (Å²) in [5.41, 5.74) is 4.60. The van der Waals surface area contributed by atoms with Gasteiger partial charge in [0.05, 0.1) is 17.7 Å². The summed E-state index contributed by atoms with van der Waals surface area (Å²) in [6, 6.07) is 0.866. The molecule has 0 aliphatic rings. The summed E-state index contributed by atoms with van der Waals surface area (Å²) >= 11 is 5.73. The fourth-order valence-electron chi connectivity index (χ4n) is 1.35. The van der Waals surface area contributed by atoms with Gasteiger partial charge in [-0.1, -0.05) is 11.6 Å². The van der Waals surface area contributed by atoms with Crippen molar-refractivity contribution in [3.05, 3.63) is 28.3 Å². The van der Waals surface area contributed by atoms with Gasteiger partial charge in [-0.25, -0.2) is 8.78 Å². The molecule has 0 spiro atoms. The molecule has 0 fully saturated rings. The second kappa shape index (κ2) is 3.94. The van der Waals surface area contributed by atoms with Crippen LogP contribution in [-0.2, 0) is 5.54 Å². The number of halogens is 3. The molecule has 0 saturated heterocycles. The molecule has 0 bridgehead atoms. The van der Waals surface area contributed by atoms with Crippen molar-refractivity contribution in [2.75, 3.05) is 7.11 Å². The van der Waals surface area contributed by atoms with Crippen molar-refractivity contribution in [3.8, 4) is 5.75 Å². The number of benzene rings is 1. The monoisotopic (exact) mass is 235 g/mol. The molecule has 0 amide bonds. The molecule has 1 aromatic carbocycles. The molecular formula is C10H12ClF2NO. The average molecular weight is 236 g/mol. The summed E-state index contributed by atoms with van der Waals surface area (Å²) in [7, 11) is 1.33. The third-order valence-electron chi connectivity index (χ3n) is 1.98. The zero-order valence-electron chi connectivity index (χ0n) is 8.70. The van der Waals surface area contributed by atoms with Crippen LogP contribution in [0.15, 0.2) is 6.07 Å². The lowest BCUT2D eigenvalue weighted by Gasteiger charge is -2.23. The summed E-state index contributed by atoms with van der Waals surface area (Å²) in [5.74, 6) is -1.99. The van der Waals surface area contributed by atoms with Crippen LogP contribution in [0.4, 0.5) is 8.78 Å². The lowest BCUT2D eigenvalue weighted by atomic mass is 9.94. The van der Waals surface area contributed by atoms with Gasteiger partial charge in [0.25, 0.3) is 0 Å². The lowest BCUT2D eigenvalue weighted by molar-refractivity contribution is 0.375. The van der Waals surface area contributed by atoms with E-state index in [9.17, 15) is 8.78 Å². The van der Waals surface area contributed by atoms with Crippen LogP contribution >= 0.6 is 11.6 Å². The first-order valence-corrected chi connectivity index (χ1v) is 4.67. The highest BCUT2D eigenvalue weighted by Gasteiger charge is 2.28. The average Bonchev–Trinajstić information content (AvgIpc) is 2.08. The molecule has 0 aliphatic carbocycles. The number of ether oxygens (including phenoxy) is 1. The standard InChI is InChI=1S/C10H12ClF2NO/c1-10(2,14)7-8(13)6(12)4-5(11)9(7)15-3/h4H,14H2,1-3H3. The Bertz CT molecular complexity index is 388. The van der Waals surface area contributed by atoms with Gasteiger partial charge in [0, 0.05) is 5.54 Å². The first-order valence-electron chi connectivity index (χ1n) is 4.30. The number of hydrogen-bond acceptors (Lipinski definition) is 2. The molecule has 84 valence electrons. The predicted octanol–water partition coefficient (Wildman–Crippen LogP) is 2.82. The van der Waals surface area contributed by atoms with Gasteiger partial charge in [0.2, 0.25) is 0 Å². The Hall–Kier alpha value is -0.870. The van der Waals surface area contributed by atoms with Crippen molar-refractivity contribution in [1.29, 1.82) is 0 Å². The van der Waals surface area contributed by atoms with Gasteiger partial charge >= 0.3 is 0 Å². The Kier molecular flexibility index (Phi) is 3.21. The lowest BCUT2D eigenvalue weighted by Crippen LogP contribution is -2.31. The second-order valence-electron chi connectivity index (χ2n) is 3.78. The fourth-order valence-corrected chi connectivity index (χ4v) is 1.62. The molecule has 5 heteroatoms. The van der Waals surface area contributed by atoms with Crippen LogP contribution in [0.25, 0.3) is 0 Å². The molecular weight excluding hydrogens is 224 g/mol. The molecule has 2 N–H and O–H groups in total. The Morgan fingerprint density at radius 1 is 1.40 bits per heavy atom. The van der Waals surface area contributed by atoms with Gasteiger partial charge in [0.15, 0.2) is 11.6 Å². The Morgan fingerprint density at radius 2 is 1.93 bits per heavy atom. The third-order valence-corrected chi connectivity index (χ3v) is 2.26. The van der Waals surface area contributed by atoms with E-state index in [1.165, 1.54) is 7.11 Å². The minimum absolute atomic E-state index is 0.00456. The van der Waals surface area contributed by atoms with Crippen molar-refractivity contribution >= 4 is 11.6 Å². The zero-order chi connectivity index (χ0) is 11.8. The maximum absolute atomic E-state index is 13.5. The van der Waals surface area contributed by atoms with E-state index < -0.39 is 17.2 Å². The number of hydrogen-bond donors (Lipinski definition) is 1. The summed E-state index contributed by atoms with van der Waals surface area (Å²) < 4.78 is 31.6. The van der Waals surface area contributed by atoms with E-state index in [0.29, 0.717) is 0 Å². The molecule has 1 rings (SSSR count). The van der Waals surface area contributed by atoms with E-state index in [1.54, 1.807) is 13.8 Å². The van der Waals surface area contributed by atoms with Crippen LogP contribution < -0.4 is 10.5 Å². The molecule has 0 aromatic heterocycles.